The SMILES string of the molecule is Cc1noc(C)c1Cc1ccc(C(=O)NC[C@@H](C)N2CCOCC2)s1. The Labute approximate surface area is 152 Å². The van der Waals surface area contributed by atoms with Crippen LogP contribution in [0.15, 0.2) is 16.7 Å². The molecule has 2 aromatic heterocycles. The Morgan fingerprint density at radius 3 is 2.80 bits per heavy atom. The zero-order valence-corrected chi connectivity index (χ0v) is 15.8. The first-order chi connectivity index (χ1) is 12.0. The Morgan fingerprint density at radius 2 is 2.12 bits per heavy atom. The van der Waals surface area contributed by atoms with Crippen molar-refractivity contribution in [1.29, 1.82) is 0 Å². The lowest BCUT2D eigenvalue weighted by atomic mass is 10.1. The van der Waals surface area contributed by atoms with Gasteiger partial charge in [0.15, 0.2) is 0 Å². The summed E-state index contributed by atoms with van der Waals surface area (Å²) in [6, 6.07) is 4.22. The van der Waals surface area contributed by atoms with Crippen molar-refractivity contribution in [2.75, 3.05) is 32.8 Å². The molecule has 2 aromatic rings. The summed E-state index contributed by atoms with van der Waals surface area (Å²) in [5.74, 6) is 0.839. The number of ether oxygens (including phenoxy) is 1. The zero-order valence-electron chi connectivity index (χ0n) is 15.0. The highest BCUT2D eigenvalue weighted by Gasteiger charge is 2.18. The van der Waals surface area contributed by atoms with Crippen molar-refractivity contribution in [1.82, 2.24) is 15.4 Å². The molecule has 0 bridgehead atoms. The number of aryl methyl sites for hydroxylation is 2. The fourth-order valence-electron chi connectivity index (χ4n) is 3.00. The second kappa shape index (κ2) is 8.12. The van der Waals surface area contributed by atoms with Crippen LogP contribution in [0, 0.1) is 13.8 Å². The normalized spacial score (nSPS) is 16.8. The van der Waals surface area contributed by atoms with Crippen molar-refractivity contribution in [2.45, 2.75) is 33.2 Å². The second-order valence-electron chi connectivity index (χ2n) is 6.45. The molecule has 1 atom stereocenters. The van der Waals surface area contributed by atoms with Gasteiger partial charge in [0.05, 0.1) is 23.8 Å². The molecule has 136 valence electrons. The number of rotatable bonds is 6. The van der Waals surface area contributed by atoms with E-state index in [1.54, 1.807) is 0 Å². The number of morpholine rings is 1. The predicted octanol–water partition coefficient (Wildman–Crippen LogP) is 2.39. The average Bonchev–Trinajstić information content (AvgIpc) is 3.22. The predicted molar refractivity (Wildman–Crippen MR) is 97.3 cm³/mol. The molecule has 3 heterocycles. The van der Waals surface area contributed by atoms with Gasteiger partial charge in [-0.15, -0.1) is 11.3 Å². The van der Waals surface area contributed by atoms with Crippen LogP contribution in [0.25, 0.3) is 0 Å². The summed E-state index contributed by atoms with van der Waals surface area (Å²) in [5, 5.41) is 7.03. The monoisotopic (exact) mass is 363 g/mol. The number of carbonyl (C=O) groups is 1. The number of thiophene rings is 1. The molecule has 1 aliphatic rings. The fraction of sp³-hybridized carbons (Fsp3) is 0.556. The van der Waals surface area contributed by atoms with Gasteiger partial charge in [0.25, 0.3) is 5.91 Å². The van der Waals surface area contributed by atoms with Gasteiger partial charge in [0, 0.05) is 42.5 Å². The van der Waals surface area contributed by atoms with Crippen molar-refractivity contribution < 1.29 is 14.1 Å². The maximum atomic E-state index is 12.4. The van der Waals surface area contributed by atoms with E-state index in [-0.39, 0.29) is 5.91 Å². The molecule has 1 saturated heterocycles. The van der Waals surface area contributed by atoms with E-state index in [0.29, 0.717) is 12.6 Å². The second-order valence-corrected chi connectivity index (χ2v) is 7.62. The Bertz CT molecular complexity index is 699. The summed E-state index contributed by atoms with van der Waals surface area (Å²) in [7, 11) is 0. The van der Waals surface area contributed by atoms with Crippen molar-refractivity contribution in [3.63, 3.8) is 0 Å². The maximum absolute atomic E-state index is 12.4. The van der Waals surface area contributed by atoms with E-state index in [4.69, 9.17) is 9.26 Å². The number of nitrogens with zero attached hydrogens (tertiary/aromatic N) is 2. The highest BCUT2D eigenvalue weighted by molar-refractivity contribution is 7.14. The van der Waals surface area contributed by atoms with Crippen LogP contribution in [0.3, 0.4) is 0 Å². The van der Waals surface area contributed by atoms with Gasteiger partial charge in [-0.2, -0.15) is 0 Å². The number of hydrogen-bond donors (Lipinski definition) is 1. The summed E-state index contributed by atoms with van der Waals surface area (Å²) in [4.78, 5) is 16.6. The lowest BCUT2D eigenvalue weighted by Crippen LogP contribution is -2.47. The molecular formula is C18H25N3O3S. The van der Waals surface area contributed by atoms with Crippen molar-refractivity contribution >= 4 is 17.2 Å². The lowest BCUT2D eigenvalue weighted by Gasteiger charge is -2.32. The molecule has 0 unspecified atom stereocenters. The summed E-state index contributed by atoms with van der Waals surface area (Å²) in [6.07, 6.45) is 0.753. The molecule has 1 aliphatic heterocycles. The first-order valence-corrected chi connectivity index (χ1v) is 9.46. The summed E-state index contributed by atoms with van der Waals surface area (Å²) >= 11 is 1.53. The third-order valence-corrected chi connectivity index (χ3v) is 5.73. The first-order valence-electron chi connectivity index (χ1n) is 8.65. The van der Waals surface area contributed by atoms with E-state index in [0.717, 1.165) is 59.5 Å². The van der Waals surface area contributed by atoms with Crippen molar-refractivity contribution in [2.24, 2.45) is 0 Å². The highest BCUT2D eigenvalue weighted by atomic mass is 32.1. The molecule has 25 heavy (non-hydrogen) atoms. The summed E-state index contributed by atoms with van der Waals surface area (Å²) < 4.78 is 10.6. The van der Waals surface area contributed by atoms with Crippen molar-refractivity contribution in [3.05, 3.63) is 38.9 Å². The molecule has 0 aromatic carbocycles. The largest absolute Gasteiger partial charge is 0.379 e. The quantitative estimate of drug-likeness (QED) is 0.854. The molecule has 0 saturated carbocycles. The minimum Gasteiger partial charge on any atom is -0.379 e. The Kier molecular flexibility index (Phi) is 5.88. The van der Waals surface area contributed by atoms with Gasteiger partial charge in [-0.05, 0) is 32.9 Å². The zero-order chi connectivity index (χ0) is 17.8. The standard InChI is InChI=1S/C18H25N3O3S/c1-12(21-6-8-23-9-7-21)11-19-18(22)17-5-4-15(25-17)10-16-13(2)20-24-14(16)3/h4-5,12H,6-11H2,1-3H3,(H,19,22)/t12-/m1/s1. The third-order valence-electron chi connectivity index (χ3n) is 4.64. The Hall–Kier alpha value is -1.70. The molecule has 1 amide bonds. The molecule has 0 spiro atoms. The number of carbonyl (C=O) groups excluding carboxylic acids is 1. The van der Waals surface area contributed by atoms with E-state index in [9.17, 15) is 4.79 Å². The average molecular weight is 363 g/mol. The van der Waals surface area contributed by atoms with E-state index in [1.165, 1.54) is 11.3 Å². The topological polar surface area (TPSA) is 67.6 Å². The maximum Gasteiger partial charge on any atom is 0.261 e. The first kappa shape index (κ1) is 18.1. The van der Waals surface area contributed by atoms with Gasteiger partial charge < -0.3 is 14.6 Å². The van der Waals surface area contributed by atoms with E-state index >= 15 is 0 Å². The third kappa shape index (κ3) is 4.48. The molecule has 7 heteroatoms. The molecule has 0 radical (unpaired) electrons. The Morgan fingerprint density at radius 1 is 1.36 bits per heavy atom. The van der Waals surface area contributed by atoms with E-state index < -0.39 is 0 Å². The fourth-order valence-corrected chi connectivity index (χ4v) is 3.93. The number of aromatic nitrogens is 1. The number of hydrogen-bond acceptors (Lipinski definition) is 6. The molecule has 0 aliphatic carbocycles. The van der Waals surface area contributed by atoms with Crippen LogP contribution in [-0.2, 0) is 11.2 Å². The highest BCUT2D eigenvalue weighted by Crippen LogP contribution is 2.23. The van der Waals surface area contributed by atoms with Crippen LogP contribution in [-0.4, -0.2) is 54.9 Å². The van der Waals surface area contributed by atoms with Gasteiger partial charge in [-0.25, -0.2) is 0 Å². The van der Waals surface area contributed by atoms with Gasteiger partial charge in [-0.3, -0.25) is 9.69 Å². The summed E-state index contributed by atoms with van der Waals surface area (Å²) in [5.41, 5.74) is 2.02. The van der Waals surface area contributed by atoms with Crippen LogP contribution >= 0.6 is 11.3 Å². The van der Waals surface area contributed by atoms with Crippen LogP contribution in [0.4, 0.5) is 0 Å². The minimum absolute atomic E-state index is 0.00452. The van der Waals surface area contributed by atoms with Crippen LogP contribution in [0.2, 0.25) is 0 Å². The number of nitrogens with one attached hydrogen (secondary N) is 1. The smallest absolute Gasteiger partial charge is 0.261 e. The molecule has 1 N–H and O–H groups in total. The van der Waals surface area contributed by atoms with Gasteiger partial charge in [0.2, 0.25) is 0 Å². The number of amides is 1. The van der Waals surface area contributed by atoms with Crippen molar-refractivity contribution in [3.8, 4) is 0 Å². The van der Waals surface area contributed by atoms with Crippen LogP contribution < -0.4 is 5.32 Å². The van der Waals surface area contributed by atoms with Gasteiger partial charge in [-0.1, -0.05) is 5.16 Å². The molecular weight excluding hydrogens is 338 g/mol. The van der Waals surface area contributed by atoms with Crippen LogP contribution in [0.5, 0.6) is 0 Å². The molecule has 6 nitrogen and oxygen atoms in total. The van der Waals surface area contributed by atoms with E-state index in [2.05, 4.69) is 22.3 Å². The van der Waals surface area contributed by atoms with Gasteiger partial charge >= 0.3 is 0 Å². The Balaban J connectivity index is 1.53. The summed E-state index contributed by atoms with van der Waals surface area (Å²) in [6.45, 7) is 10.1. The molecule has 1 fully saturated rings. The minimum atomic E-state index is -0.00452. The van der Waals surface area contributed by atoms with Gasteiger partial charge in [0.1, 0.15) is 5.76 Å². The van der Waals surface area contributed by atoms with Crippen LogP contribution in [0.1, 0.15) is 38.5 Å². The molecule has 3 rings (SSSR count). The lowest BCUT2D eigenvalue weighted by molar-refractivity contribution is 0.0204. The van der Waals surface area contributed by atoms with E-state index in [1.807, 2.05) is 26.0 Å².